The number of carbonyl (C=O) groups is 1. The van der Waals surface area contributed by atoms with Gasteiger partial charge in [0.25, 0.3) is 0 Å². The zero-order valence-electron chi connectivity index (χ0n) is 15.6. The van der Waals surface area contributed by atoms with Crippen molar-refractivity contribution in [3.05, 3.63) is 77.1 Å². The summed E-state index contributed by atoms with van der Waals surface area (Å²) in [4.78, 5) is 12.6. The average Bonchev–Trinajstić information content (AvgIpc) is 2.67. The largest absolute Gasteiger partial charge is 0.421 e. The number of hydrogen-bond acceptors (Lipinski definition) is 5. The van der Waals surface area contributed by atoms with Crippen molar-refractivity contribution in [1.29, 1.82) is 5.26 Å². The first-order valence-electron chi connectivity index (χ1n) is 8.54. The fourth-order valence-electron chi connectivity index (χ4n) is 2.24. The van der Waals surface area contributed by atoms with E-state index in [4.69, 9.17) is 21.1 Å². The second kappa shape index (κ2) is 9.62. The Labute approximate surface area is 165 Å². The number of nitriles is 1. The summed E-state index contributed by atoms with van der Waals surface area (Å²) >= 11 is 5.65. The lowest BCUT2D eigenvalue weighted by Crippen LogP contribution is -2.08. The molecule has 0 saturated carbocycles. The molecule has 1 unspecified atom stereocenters. The van der Waals surface area contributed by atoms with E-state index in [1.165, 1.54) is 0 Å². The highest BCUT2D eigenvalue weighted by atomic mass is 32.4. The van der Waals surface area contributed by atoms with E-state index in [-0.39, 0.29) is 17.0 Å². The fraction of sp³-hybridized carbons (Fsp3) is 0.238. The van der Waals surface area contributed by atoms with Crippen LogP contribution in [-0.4, -0.2) is 19.2 Å². The Bertz CT molecular complexity index is 902. The lowest BCUT2D eigenvalue weighted by atomic mass is 10.1. The summed E-state index contributed by atoms with van der Waals surface area (Å²) in [5.41, 5.74) is 1.01. The summed E-state index contributed by atoms with van der Waals surface area (Å²) in [6.45, 7) is 6.20. The third-order valence-corrected chi connectivity index (χ3v) is 6.24. The standard InChI is InChI=1S/C21H22NO3PS/c1-16(2)15-24-26(3,27)19(14-22)20(17-10-6-4-7-11-17)25-21(23)18-12-8-5-9-13-18/h4-13,16H,15H2,1-3H3. The molecule has 0 fully saturated rings. The van der Waals surface area contributed by atoms with Gasteiger partial charge in [-0.1, -0.05) is 74.2 Å². The zero-order valence-corrected chi connectivity index (χ0v) is 17.3. The highest BCUT2D eigenvalue weighted by Crippen LogP contribution is 2.54. The van der Waals surface area contributed by atoms with Crippen molar-refractivity contribution >= 4 is 29.8 Å². The molecular weight excluding hydrogens is 377 g/mol. The van der Waals surface area contributed by atoms with Crippen molar-refractivity contribution in [2.24, 2.45) is 5.92 Å². The monoisotopic (exact) mass is 399 g/mol. The number of rotatable bonds is 7. The number of benzene rings is 2. The van der Waals surface area contributed by atoms with Crippen LogP contribution in [0.15, 0.2) is 66.0 Å². The molecule has 140 valence electrons. The molecule has 0 heterocycles. The van der Waals surface area contributed by atoms with Crippen LogP contribution in [0.1, 0.15) is 29.8 Å². The number of nitrogens with zero attached hydrogens (tertiary/aromatic N) is 1. The van der Waals surface area contributed by atoms with E-state index in [0.717, 1.165) is 0 Å². The van der Waals surface area contributed by atoms with Gasteiger partial charge in [-0.2, -0.15) is 5.26 Å². The van der Waals surface area contributed by atoms with Gasteiger partial charge in [0.1, 0.15) is 17.6 Å². The molecule has 1 atom stereocenters. The van der Waals surface area contributed by atoms with Crippen molar-refractivity contribution in [1.82, 2.24) is 0 Å². The molecule has 0 saturated heterocycles. The molecule has 0 aliphatic carbocycles. The van der Waals surface area contributed by atoms with Crippen molar-refractivity contribution in [3.8, 4) is 6.07 Å². The van der Waals surface area contributed by atoms with Crippen molar-refractivity contribution in [3.63, 3.8) is 0 Å². The molecule has 27 heavy (non-hydrogen) atoms. The summed E-state index contributed by atoms with van der Waals surface area (Å²) in [7, 11) is 0. The molecule has 0 aliphatic rings. The zero-order chi connectivity index (χ0) is 19.9. The molecule has 2 aromatic rings. The van der Waals surface area contributed by atoms with Crippen LogP contribution in [0.5, 0.6) is 0 Å². The molecule has 0 aromatic heterocycles. The Balaban J connectivity index is 2.50. The van der Waals surface area contributed by atoms with E-state index in [2.05, 4.69) is 6.07 Å². The highest BCUT2D eigenvalue weighted by Gasteiger charge is 2.26. The number of carbonyl (C=O) groups excluding carboxylic acids is 1. The second-order valence-corrected chi connectivity index (χ2v) is 10.9. The van der Waals surface area contributed by atoms with Crippen LogP contribution in [0.2, 0.25) is 0 Å². The van der Waals surface area contributed by atoms with Crippen LogP contribution in [0, 0.1) is 17.2 Å². The molecule has 4 nitrogen and oxygen atoms in total. The molecule has 0 bridgehead atoms. The van der Waals surface area contributed by atoms with Crippen molar-refractivity contribution in [2.45, 2.75) is 13.8 Å². The van der Waals surface area contributed by atoms with Gasteiger partial charge >= 0.3 is 5.97 Å². The van der Waals surface area contributed by atoms with E-state index < -0.39 is 12.2 Å². The third-order valence-electron chi connectivity index (χ3n) is 3.62. The first kappa shape index (κ1) is 21.1. The summed E-state index contributed by atoms with van der Waals surface area (Å²) in [6, 6.07) is 19.8. The first-order chi connectivity index (χ1) is 12.8. The molecule has 2 rings (SSSR count). The number of hydrogen-bond donors (Lipinski definition) is 0. The molecular formula is C21H22NO3PS. The van der Waals surface area contributed by atoms with E-state index in [1.807, 2.05) is 38.1 Å². The van der Waals surface area contributed by atoms with Crippen molar-refractivity contribution in [2.75, 3.05) is 13.3 Å². The minimum Gasteiger partial charge on any atom is -0.421 e. The van der Waals surface area contributed by atoms with E-state index in [1.54, 1.807) is 43.1 Å². The summed E-state index contributed by atoms with van der Waals surface area (Å²) in [5, 5.41) is 10.0. The van der Waals surface area contributed by atoms with Gasteiger partial charge in [0.15, 0.2) is 5.76 Å². The van der Waals surface area contributed by atoms with E-state index in [0.29, 0.717) is 17.7 Å². The third kappa shape index (κ3) is 5.87. The minimum atomic E-state index is -2.65. The normalized spacial score (nSPS) is 14.0. The molecule has 6 heteroatoms. The fourth-order valence-corrected chi connectivity index (χ4v) is 4.23. The van der Waals surface area contributed by atoms with E-state index in [9.17, 15) is 10.1 Å². The van der Waals surface area contributed by atoms with Gasteiger partial charge in [-0.25, -0.2) is 4.79 Å². The van der Waals surface area contributed by atoms with Crippen LogP contribution in [0.3, 0.4) is 0 Å². The lowest BCUT2D eigenvalue weighted by molar-refractivity contribution is 0.0691. The average molecular weight is 399 g/mol. The quantitative estimate of drug-likeness (QED) is 0.269. The van der Waals surface area contributed by atoms with Crippen LogP contribution < -0.4 is 0 Å². The van der Waals surface area contributed by atoms with Gasteiger partial charge in [-0.15, -0.1) is 0 Å². The van der Waals surface area contributed by atoms with Crippen LogP contribution in [0.25, 0.3) is 5.76 Å². The van der Waals surface area contributed by atoms with Crippen LogP contribution in [0.4, 0.5) is 0 Å². The van der Waals surface area contributed by atoms with Gasteiger partial charge < -0.3 is 9.26 Å². The van der Waals surface area contributed by atoms with Gasteiger partial charge in [-0.05, 0) is 24.7 Å². The molecule has 0 amide bonds. The second-order valence-electron chi connectivity index (χ2n) is 6.45. The Kier molecular flexibility index (Phi) is 7.50. The summed E-state index contributed by atoms with van der Waals surface area (Å²) in [5.74, 6) is -0.0955. The van der Waals surface area contributed by atoms with Crippen LogP contribution in [-0.2, 0) is 21.1 Å². The summed E-state index contributed by atoms with van der Waals surface area (Å²) in [6.07, 6.45) is -2.65. The van der Waals surface area contributed by atoms with Gasteiger partial charge in [0.05, 0.1) is 12.2 Å². The lowest BCUT2D eigenvalue weighted by Gasteiger charge is -2.21. The Morgan fingerprint density at radius 2 is 1.59 bits per heavy atom. The summed E-state index contributed by atoms with van der Waals surface area (Å²) < 4.78 is 11.6. The van der Waals surface area contributed by atoms with Gasteiger partial charge in [0, 0.05) is 5.56 Å². The van der Waals surface area contributed by atoms with Gasteiger partial charge in [0.2, 0.25) is 0 Å². The topological polar surface area (TPSA) is 59.3 Å². The van der Waals surface area contributed by atoms with Gasteiger partial charge in [-0.3, -0.25) is 0 Å². The maximum absolute atomic E-state index is 12.6. The maximum atomic E-state index is 12.6. The predicted molar refractivity (Wildman–Crippen MR) is 112 cm³/mol. The Morgan fingerprint density at radius 3 is 2.07 bits per heavy atom. The SMILES string of the molecule is CC(C)COP(C)(=S)C(C#N)=C(OC(=O)c1ccccc1)c1ccccc1. The molecule has 0 spiro atoms. The van der Waals surface area contributed by atoms with Crippen LogP contribution >= 0.6 is 6.26 Å². The molecule has 2 aromatic carbocycles. The highest BCUT2D eigenvalue weighted by molar-refractivity contribution is 8.14. The van der Waals surface area contributed by atoms with Crippen molar-refractivity contribution < 1.29 is 14.1 Å². The number of esters is 1. The maximum Gasteiger partial charge on any atom is 0.343 e. The minimum absolute atomic E-state index is 0.168. The number of allylic oxidation sites excluding steroid dienone is 1. The predicted octanol–water partition coefficient (Wildman–Crippen LogP) is 5.43. The Morgan fingerprint density at radius 1 is 1.07 bits per heavy atom. The molecule has 0 radical (unpaired) electrons. The first-order valence-corrected chi connectivity index (χ1v) is 11.7. The number of ether oxygens (including phenoxy) is 1. The Hall–Kier alpha value is -2.25. The molecule has 0 aliphatic heterocycles. The smallest absolute Gasteiger partial charge is 0.343 e. The van der Waals surface area contributed by atoms with E-state index >= 15 is 0 Å². The molecule has 0 N–H and O–H groups in total.